The topological polar surface area (TPSA) is 35.5 Å². The predicted molar refractivity (Wildman–Crippen MR) is 150 cm³/mol. The van der Waals surface area contributed by atoms with E-state index >= 15 is 0 Å². The standard InChI is InChI=1S/C16H18O2.C12H16O.2C2H6/c1-12-6-8-14(9-7-12)13-4-3-5-15(11-10-13)16(17)18-2;1-10-2-4-11(5-3-10)12-6-8-13-9-7-12;2*1-2/h3-4,6,8,10-11H,5,7,9H2,1-2H3;2-5,12H,6-9H2,1H3;2*1-2H3. The zero-order valence-electron chi connectivity index (χ0n) is 23.0. The molecule has 0 spiro atoms. The van der Waals surface area contributed by atoms with Crippen LogP contribution < -0.4 is 0 Å². The van der Waals surface area contributed by atoms with E-state index in [4.69, 9.17) is 9.47 Å². The van der Waals surface area contributed by atoms with Crippen LogP contribution >= 0.6 is 0 Å². The van der Waals surface area contributed by atoms with E-state index < -0.39 is 0 Å². The number of rotatable bonds is 3. The first-order chi connectivity index (χ1) is 17.1. The third-order valence-electron chi connectivity index (χ3n) is 6.05. The molecule has 1 aromatic rings. The number of hydrogen-bond donors (Lipinski definition) is 0. The number of esters is 1. The van der Waals surface area contributed by atoms with E-state index in [-0.39, 0.29) is 5.97 Å². The van der Waals surface area contributed by atoms with Crippen LogP contribution in [0.4, 0.5) is 0 Å². The number of aryl methyl sites for hydroxylation is 1. The molecule has 0 N–H and O–H groups in total. The Hall–Kier alpha value is -2.65. The largest absolute Gasteiger partial charge is 0.466 e. The number of ether oxygens (including phenoxy) is 2. The molecule has 35 heavy (non-hydrogen) atoms. The lowest BCUT2D eigenvalue weighted by Gasteiger charge is -2.22. The van der Waals surface area contributed by atoms with Crippen molar-refractivity contribution in [2.24, 2.45) is 0 Å². The third kappa shape index (κ3) is 10.7. The first kappa shape index (κ1) is 30.4. The van der Waals surface area contributed by atoms with Gasteiger partial charge in [0.2, 0.25) is 0 Å². The van der Waals surface area contributed by atoms with Crippen LogP contribution in [0.5, 0.6) is 0 Å². The molecule has 3 nitrogen and oxygen atoms in total. The van der Waals surface area contributed by atoms with Gasteiger partial charge in [0.1, 0.15) is 0 Å². The van der Waals surface area contributed by atoms with E-state index in [9.17, 15) is 4.79 Å². The third-order valence-corrected chi connectivity index (χ3v) is 6.05. The van der Waals surface area contributed by atoms with Crippen molar-refractivity contribution in [1.82, 2.24) is 0 Å². The molecule has 0 atom stereocenters. The normalized spacial score (nSPS) is 17.2. The minimum Gasteiger partial charge on any atom is -0.466 e. The highest BCUT2D eigenvalue weighted by atomic mass is 16.5. The fourth-order valence-corrected chi connectivity index (χ4v) is 3.97. The molecule has 1 aliphatic heterocycles. The SMILES string of the molecule is CC.CC.COC(=O)C1=CC=C(C2=CC=C(C)CC2)C=CC1.Cc1ccc(C2CCOCC2)cc1. The summed E-state index contributed by atoms with van der Waals surface area (Å²) in [6.07, 6.45) is 17.5. The summed E-state index contributed by atoms with van der Waals surface area (Å²) in [4.78, 5) is 11.5. The Morgan fingerprint density at radius 2 is 1.54 bits per heavy atom. The van der Waals surface area contributed by atoms with Crippen molar-refractivity contribution < 1.29 is 14.3 Å². The van der Waals surface area contributed by atoms with Crippen LogP contribution in [-0.2, 0) is 14.3 Å². The summed E-state index contributed by atoms with van der Waals surface area (Å²) in [5.41, 5.74) is 7.47. The lowest BCUT2D eigenvalue weighted by Crippen LogP contribution is -2.13. The molecule has 2 aliphatic carbocycles. The Morgan fingerprint density at radius 1 is 0.886 bits per heavy atom. The summed E-state index contributed by atoms with van der Waals surface area (Å²) in [6.45, 7) is 14.1. The number of allylic oxidation sites excluding steroid dienone is 9. The molecule has 0 unspecified atom stereocenters. The van der Waals surface area contributed by atoms with E-state index in [1.807, 2.05) is 45.9 Å². The lowest BCUT2D eigenvalue weighted by molar-refractivity contribution is -0.136. The van der Waals surface area contributed by atoms with Gasteiger partial charge in [0, 0.05) is 18.8 Å². The zero-order chi connectivity index (χ0) is 26.1. The summed E-state index contributed by atoms with van der Waals surface area (Å²) in [5, 5.41) is 0. The second kappa shape index (κ2) is 17.7. The molecule has 1 aromatic carbocycles. The molecule has 3 aliphatic rings. The average molecular weight is 479 g/mol. The summed E-state index contributed by atoms with van der Waals surface area (Å²) in [6, 6.07) is 8.91. The Kier molecular flexibility index (Phi) is 15.4. The quantitative estimate of drug-likeness (QED) is 0.408. The second-order valence-corrected chi connectivity index (χ2v) is 8.41. The van der Waals surface area contributed by atoms with Crippen molar-refractivity contribution in [3.63, 3.8) is 0 Å². The highest BCUT2D eigenvalue weighted by Crippen LogP contribution is 2.27. The van der Waals surface area contributed by atoms with Gasteiger partial charge in [-0.05, 0) is 68.6 Å². The summed E-state index contributed by atoms with van der Waals surface area (Å²) in [5.74, 6) is 0.486. The smallest absolute Gasteiger partial charge is 0.334 e. The molecule has 1 saturated heterocycles. The van der Waals surface area contributed by atoms with E-state index in [2.05, 4.69) is 56.3 Å². The molecule has 192 valence electrons. The number of methoxy groups -OCH3 is 1. The highest BCUT2D eigenvalue weighted by molar-refractivity contribution is 5.89. The maximum absolute atomic E-state index is 11.5. The summed E-state index contributed by atoms with van der Waals surface area (Å²) < 4.78 is 10.1. The van der Waals surface area contributed by atoms with Crippen molar-refractivity contribution in [3.05, 3.63) is 94.1 Å². The zero-order valence-corrected chi connectivity index (χ0v) is 23.0. The summed E-state index contributed by atoms with van der Waals surface area (Å²) in [7, 11) is 1.42. The van der Waals surface area contributed by atoms with Gasteiger partial charge in [-0.3, -0.25) is 0 Å². The summed E-state index contributed by atoms with van der Waals surface area (Å²) >= 11 is 0. The Labute approximate surface area is 214 Å². The van der Waals surface area contributed by atoms with E-state index in [1.165, 1.54) is 47.8 Å². The van der Waals surface area contributed by atoms with Gasteiger partial charge in [0.05, 0.1) is 7.11 Å². The average Bonchev–Trinajstić information content (AvgIpc) is 3.19. The fraction of sp³-hybridized carbons (Fsp3) is 0.469. The molecule has 0 amide bonds. The maximum atomic E-state index is 11.5. The minimum atomic E-state index is -0.245. The molecule has 3 heteroatoms. The van der Waals surface area contributed by atoms with Gasteiger partial charge >= 0.3 is 5.97 Å². The highest BCUT2D eigenvalue weighted by Gasteiger charge is 2.15. The maximum Gasteiger partial charge on any atom is 0.334 e. The van der Waals surface area contributed by atoms with Crippen molar-refractivity contribution in [2.45, 2.75) is 79.6 Å². The van der Waals surface area contributed by atoms with Gasteiger partial charge in [-0.2, -0.15) is 0 Å². The number of hydrogen-bond acceptors (Lipinski definition) is 3. The van der Waals surface area contributed by atoms with Crippen LogP contribution in [-0.4, -0.2) is 26.3 Å². The van der Waals surface area contributed by atoms with Crippen molar-refractivity contribution in [3.8, 4) is 0 Å². The molecule has 1 fully saturated rings. The predicted octanol–water partition coefficient (Wildman–Crippen LogP) is 8.58. The fourth-order valence-electron chi connectivity index (χ4n) is 3.97. The Balaban J connectivity index is 0.000000318. The Morgan fingerprint density at radius 3 is 2.11 bits per heavy atom. The first-order valence-electron chi connectivity index (χ1n) is 13.2. The minimum absolute atomic E-state index is 0.245. The van der Waals surface area contributed by atoms with Gasteiger partial charge in [-0.25, -0.2) is 4.79 Å². The van der Waals surface area contributed by atoms with Crippen LogP contribution in [0.15, 0.2) is 83.0 Å². The van der Waals surface area contributed by atoms with Gasteiger partial charge < -0.3 is 9.47 Å². The van der Waals surface area contributed by atoms with Crippen LogP contribution in [0.2, 0.25) is 0 Å². The molecule has 0 aromatic heterocycles. The molecule has 0 radical (unpaired) electrons. The number of carbonyl (C=O) groups is 1. The van der Waals surface area contributed by atoms with Gasteiger partial charge in [-0.15, -0.1) is 0 Å². The van der Waals surface area contributed by atoms with Crippen LogP contribution in [0.25, 0.3) is 0 Å². The molecule has 0 saturated carbocycles. The monoisotopic (exact) mass is 478 g/mol. The van der Waals surface area contributed by atoms with Crippen LogP contribution in [0.1, 0.15) is 83.8 Å². The molecule has 0 bridgehead atoms. The first-order valence-corrected chi connectivity index (χ1v) is 13.2. The van der Waals surface area contributed by atoms with Crippen LogP contribution in [0, 0.1) is 6.92 Å². The molecule has 1 heterocycles. The van der Waals surface area contributed by atoms with E-state index in [1.54, 1.807) is 0 Å². The number of benzene rings is 1. The van der Waals surface area contributed by atoms with E-state index in [0.29, 0.717) is 12.0 Å². The molecular weight excluding hydrogens is 432 g/mol. The second-order valence-electron chi connectivity index (χ2n) is 8.41. The number of carbonyl (C=O) groups excluding carboxylic acids is 1. The van der Waals surface area contributed by atoms with Crippen molar-refractivity contribution in [1.29, 1.82) is 0 Å². The van der Waals surface area contributed by atoms with Gasteiger partial charge in [-0.1, -0.05) is 99.6 Å². The van der Waals surface area contributed by atoms with Gasteiger partial charge in [0.15, 0.2) is 0 Å². The van der Waals surface area contributed by atoms with Crippen LogP contribution in [0.3, 0.4) is 0 Å². The van der Waals surface area contributed by atoms with Gasteiger partial charge in [0.25, 0.3) is 0 Å². The molecular formula is C32H46O3. The lowest BCUT2D eigenvalue weighted by atomic mass is 9.91. The van der Waals surface area contributed by atoms with Crippen molar-refractivity contribution in [2.75, 3.05) is 20.3 Å². The molecule has 4 rings (SSSR count). The Bertz CT molecular complexity index is 905. The van der Waals surface area contributed by atoms with E-state index in [0.717, 1.165) is 32.0 Å². The van der Waals surface area contributed by atoms with Crippen molar-refractivity contribution >= 4 is 5.97 Å².